The van der Waals surface area contributed by atoms with Gasteiger partial charge >= 0.3 is 0 Å². The van der Waals surface area contributed by atoms with Gasteiger partial charge in [0.2, 0.25) is 0 Å². The summed E-state index contributed by atoms with van der Waals surface area (Å²) in [5.74, 6) is 0. The van der Waals surface area contributed by atoms with E-state index in [1.165, 1.54) is 25.3 Å². The first-order chi connectivity index (χ1) is 4.91. The number of allylic oxidation sites excluding steroid dienone is 1. The number of carbonyl (C=O) groups is 1. The summed E-state index contributed by atoms with van der Waals surface area (Å²) >= 11 is 0. The molecule has 0 rings (SSSR count). The minimum Gasteiger partial charge on any atom is -0.391 e. The first-order valence-corrected chi connectivity index (χ1v) is 3.75. The van der Waals surface area contributed by atoms with Gasteiger partial charge in [0.05, 0.1) is 0 Å². The topological polar surface area (TPSA) is 29.1 Å². The number of hydrogen-bond donors (Lipinski definition) is 1. The zero-order valence-corrected chi connectivity index (χ0v) is 6.47. The van der Waals surface area contributed by atoms with E-state index in [0.717, 1.165) is 12.8 Å². The van der Waals surface area contributed by atoms with Crippen LogP contribution in [0.4, 0.5) is 0 Å². The van der Waals surface area contributed by atoms with Crippen LogP contribution in [0.3, 0.4) is 0 Å². The van der Waals surface area contributed by atoms with Crippen molar-refractivity contribution in [2.75, 3.05) is 6.54 Å². The molecule has 0 spiro atoms. The molecule has 0 aliphatic heterocycles. The Morgan fingerprint density at radius 2 is 2.20 bits per heavy atom. The second kappa shape index (κ2) is 8.21. The molecule has 0 aliphatic rings. The van der Waals surface area contributed by atoms with Gasteiger partial charge in [0, 0.05) is 6.54 Å². The monoisotopic (exact) mass is 141 g/mol. The van der Waals surface area contributed by atoms with Gasteiger partial charge in [-0.1, -0.05) is 19.8 Å². The van der Waals surface area contributed by atoms with E-state index in [9.17, 15) is 4.79 Å². The van der Waals surface area contributed by atoms with E-state index in [1.807, 2.05) is 0 Å². The zero-order valence-electron chi connectivity index (χ0n) is 6.47. The lowest BCUT2D eigenvalue weighted by Crippen LogP contribution is -2.06. The highest BCUT2D eigenvalue weighted by molar-refractivity contribution is 5.64. The molecular weight excluding hydrogens is 126 g/mol. The summed E-state index contributed by atoms with van der Waals surface area (Å²) in [5, 5.41) is 3.01. The van der Waals surface area contributed by atoms with E-state index < -0.39 is 0 Å². The predicted molar refractivity (Wildman–Crippen MR) is 42.7 cm³/mol. The first-order valence-electron chi connectivity index (χ1n) is 3.75. The van der Waals surface area contributed by atoms with Gasteiger partial charge in [-0.15, -0.1) is 0 Å². The summed E-state index contributed by atoms with van der Waals surface area (Å²) in [6, 6.07) is 0. The molecule has 2 heteroatoms. The van der Waals surface area contributed by atoms with E-state index >= 15 is 0 Å². The lowest BCUT2D eigenvalue weighted by molar-refractivity contribution is -0.104. The second-order valence-corrected chi connectivity index (χ2v) is 2.16. The van der Waals surface area contributed by atoms with Crippen LogP contribution >= 0.6 is 0 Å². The predicted octanol–water partition coefficient (Wildman–Crippen LogP) is 1.48. The SMILES string of the molecule is CCCCCN/C=C/C=O. The second-order valence-electron chi connectivity index (χ2n) is 2.16. The number of aldehydes is 1. The van der Waals surface area contributed by atoms with Crippen molar-refractivity contribution in [3.8, 4) is 0 Å². The Morgan fingerprint density at radius 3 is 2.80 bits per heavy atom. The molecule has 0 atom stereocenters. The Kier molecular flexibility index (Phi) is 7.56. The van der Waals surface area contributed by atoms with E-state index in [1.54, 1.807) is 6.20 Å². The maximum Gasteiger partial charge on any atom is 0.144 e. The maximum atomic E-state index is 9.77. The van der Waals surface area contributed by atoms with Crippen molar-refractivity contribution < 1.29 is 4.79 Å². The number of rotatable bonds is 6. The molecule has 0 aromatic heterocycles. The Labute approximate surface area is 62.3 Å². The summed E-state index contributed by atoms with van der Waals surface area (Å²) < 4.78 is 0. The van der Waals surface area contributed by atoms with Crippen LogP contribution in [0.5, 0.6) is 0 Å². The van der Waals surface area contributed by atoms with Crippen molar-refractivity contribution in [3.05, 3.63) is 12.3 Å². The highest BCUT2D eigenvalue weighted by Gasteiger charge is 1.80. The Morgan fingerprint density at radius 1 is 1.40 bits per heavy atom. The number of nitrogens with one attached hydrogen (secondary N) is 1. The molecule has 0 saturated heterocycles. The van der Waals surface area contributed by atoms with Gasteiger partial charge in [0.15, 0.2) is 0 Å². The van der Waals surface area contributed by atoms with Gasteiger partial charge < -0.3 is 5.32 Å². The molecule has 0 aromatic rings. The number of carbonyl (C=O) groups excluding carboxylic acids is 1. The smallest absolute Gasteiger partial charge is 0.144 e. The van der Waals surface area contributed by atoms with E-state index in [0.29, 0.717) is 0 Å². The molecule has 0 bridgehead atoms. The minimum atomic E-state index is 0.771. The number of hydrogen-bond acceptors (Lipinski definition) is 2. The standard InChI is InChI=1S/C8H15NO/c1-2-3-4-6-9-7-5-8-10/h5,7-9H,2-4,6H2,1H3/b7-5+. The van der Waals surface area contributed by atoms with Gasteiger partial charge in [-0.3, -0.25) is 4.79 Å². The van der Waals surface area contributed by atoms with Gasteiger partial charge in [0.1, 0.15) is 6.29 Å². The van der Waals surface area contributed by atoms with Crippen molar-refractivity contribution in [2.24, 2.45) is 0 Å². The molecule has 0 fully saturated rings. The lowest BCUT2D eigenvalue weighted by Gasteiger charge is -1.96. The van der Waals surface area contributed by atoms with Gasteiger partial charge in [-0.25, -0.2) is 0 Å². The fourth-order valence-electron chi connectivity index (χ4n) is 0.668. The molecule has 2 nitrogen and oxygen atoms in total. The Bertz CT molecular complexity index is 99.4. The third-order valence-electron chi connectivity index (χ3n) is 1.22. The molecule has 0 amide bonds. The molecule has 0 unspecified atom stereocenters. The molecule has 0 saturated carbocycles. The fraction of sp³-hybridized carbons (Fsp3) is 0.625. The fourth-order valence-corrected chi connectivity index (χ4v) is 0.668. The highest BCUT2D eigenvalue weighted by Crippen LogP contribution is 1.90. The third kappa shape index (κ3) is 7.21. The van der Waals surface area contributed by atoms with E-state index in [4.69, 9.17) is 0 Å². The van der Waals surface area contributed by atoms with Gasteiger partial charge in [0.25, 0.3) is 0 Å². The number of unbranched alkanes of at least 4 members (excludes halogenated alkanes) is 2. The molecule has 0 aromatic carbocycles. The normalized spacial score (nSPS) is 10.1. The summed E-state index contributed by atoms with van der Waals surface area (Å²) in [5.41, 5.74) is 0. The largest absolute Gasteiger partial charge is 0.391 e. The Balaban J connectivity index is 2.90. The van der Waals surface area contributed by atoms with E-state index in [-0.39, 0.29) is 0 Å². The highest BCUT2D eigenvalue weighted by atomic mass is 16.1. The van der Waals surface area contributed by atoms with E-state index in [2.05, 4.69) is 12.2 Å². The molecule has 0 aliphatic carbocycles. The molecular formula is C8H15NO. The van der Waals surface area contributed by atoms with Crippen molar-refractivity contribution in [3.63, 3.8) is 0 Å². The summed E-state index contributed by atoms with van der Waals surface area (Å²) in [6.45, 7) is 3.14. The maximum absolute atomic E-state index is 9.77. The van der Waals surface area contributed by atoms with Crippen molar-refractivity contribution in [1.82, 2.24) is 5.32 Å². The zero-order chi connectivity index (χ0) is 7.66. The minimum absolute atomic E-state index is 0.771. The molecule has 0 radical (unpaired) electrons. The average Bonchev–Trinajstić information content (AvgIpc) is 1.97. The Hall–Kier alpha value is -0.790. The summed E-state index contributed by atoms with van der Waals surface area (Å²) in [4.78, 5) is 9.77. The third-order valence-corrected chi connectivity index (χ3v) is 1.22. The lowest BCUT2D eigenvalue weighted by atomic mass is 10.2. The molecule has 1 N–H and O–H groups in total. The van der Waals surface area contributed by atoms with Crippen LogP contribution in [0.2, 0.25) is 0 Å². The van der Waals surface area contributed by atoms with Crippen molar-refractivity contribution in [2.45, 2.75) is 26.2 Å². The first kappa shape index (κ1) is 9.21. The van der Waals surface area contributed by atoms with Crippen molar-refractivity contribution >= 4 is 6.29 Å². The van der Waals surface area contributed by atoms with Crippen LogP contribution in [0.15, 0.2) is 12.3 Å². The van der Waals surface area contributed by atoms with Gasteiger partial charge in [-0.05, 0) is 18.7 Å². The summed E-state index contributed by atoms with van der Waals surface area (Å²) in [7, 11) is 0. The molecule has 58 valence electrons. The molecule has 0 heterocycles. The average molecular weight is 141 g/mol. The quantitative estimate of drug-likeness (QED) is 0.345. The van der Waals surface area contributed by atoms with Gasteiger partial charge in [-0.2, -0.15) is 0 Å². The van der Waals surface area contributed by atoms with Crippen LogP contribution in [0.1, 0.15) is 26.2 Å². The summed E-state index contributed by atoms with van der Waals surface area (Å²) in [6.07, 6.45) is 7.59. The van der Waals surface area contributed by atoms with Crippen LogP contribution in [-0.4, -0.2) is 12.8 Å². The molecule has 10 heavy (non-hydrogen) atoms. The van der Waals surface area contributed by atoms with Crippen LogP contribution in [0.25, 0.3) is 0 Å². The van der Waals surface area contributed by atoms with Crippen LogP contribution in [-0.2, 0) is 4.79 Å². The van der Waals surface area contributed by atoms with Crippen molar-refractivity contribution in [1.29, 1.82) is 0 Å². The van der Waals surface area contributed by atoms with Crippen LogP contribution < -0.4 is 5.32 Å². The van der Waals surface area contributed by atoms with Crippen LogP contribution in [0, 0.1) is 0 Å².